The fourth-order valence-electron chi connectivity index (χ4n) is 1.96. The molecule has 2 aromatic carbocycles. The number of hydrogen-bond acceptors (Lipinski definition) is 2. The predicted molar refractivity (Wildman–Crippen MR) is 87.9 cm³/mol. The van der Waals surface area contributed by atoms with Crippen LogP contribution in [0, 0.1) is 6.92 Å². The molecule has 0 saturated carbocycles. The molecule has 0 N–H and O–H groups in total. The Hall–Kier alpha value is -1.13. The van der Waals surface area contributed by atoms with Crippen LogP contribution in [0.25, 0.3) is 0 Å². The average molecular weight is 398 g/mol. The first kappa shape index (κ1) is 15.3. The SMILES string of the molecule is COc1cc(C)ccc1C(=O)c1ccc(CBr)cc1Br. The van der Waals surface area contributed by atoms with Crippen LogP contribution in [0.15, 0.2) is 40.9 Å². The van der Waals surface area contributed by atoms with E-state index in [2.05, 4.69) is 31.9 Å². The van der Waals surface area contributed by atoms with Crippen LogP contribution in [0.3, 0.4) is 0 Å². The van der Waals surface area contributed by atoms with Gasteiger partial charge in [0.05, 0.1) is 12.7 Å². The Morgan fingerprint density at radius 1 is 1.15 bits per heavy atom. The van der Waals surface area contributed by atoms with E-state index in [9.17, 15) is 4.79 Å². The molecule has 0 unspecified atom stereocenters. The molecule has 104 valence electrons. The fourth-order valence-corrected chi connectivity index (χ4v) is 2.91. The molecular formula is C16H14Br2O2. The minimum atomic E-state index is -0.0464. The smallest absolute Gasteiger partial charge is 0.197 e. The minimum absolute atomic E-state index is 0.0464. The molecule has 0 spiro atoms. The van der Waals surface area contributed by atoms with Crippen molar-refractivity contribution in [2.75, 3.05) is 7.11 Å². The summed E-state index contributed by atoms with van der Waals surface area (Å²) in [5, 5.41) is 0.758. The van der Waals surface area contributed by atoms with Crippen LogP contribution in [-0.4, -0.2) is 12.9 Å². The number of carbonyl (C=O) groups excluding carboxylic acids is 1. The summed E-state index contributed by atoms with van der Waals surface area (Å²) in [5.41, 5.74) is 3.39. The van der Waals surface area contributed by atoms with E-state index >= 15 is 0 Å². The maximum atomic E-state index is 12.6. The summed E-state index contributed by atoms with van der Waals surface area (Å²) in [7, 11) is 1.58. The van der Waals surface area contributed by atoms with Crippen molar-refractivity contribution in [1.29, 1.82) is 0 Å². The molecule has 0 aliphatic heterocycles. The zero-order chi connectivity index (χ0) is 14.7. The molecule has 20 heavy (non-hydrogen) atoms. The van der Waals surface area contributed by atoms with Gasteiger partial charge in [0.1, 0.15) is 5.75 Å². The molecule has 2 rings (SSSR count). The Kier molecular flexibility index (Phi) is 5.00. The molecule has 0 heterocycles. The Bertz CT molecular complexity index is 651. The lowest BCUT2D eigenvalue weighted by Crippen LogP contribution is -2.05. The minimum Gasteiger partial charge on any atom is -0.496 e. The molecular weight excluding hydrogens is 384 g/mol. The van der Waals surface area contributed by atoms with E-state index in [0.29, 0.717) is 16.9 Å². The molecule has 0 aromatic heterocycles. The molecule has 2 nitrogen and oxygen atoms in total. The third-order valence-electron chi connectivity index (χ3n) is 3.03. The van der Waals surface area contributed by atoms with Crippen molar-refractivity contribution in [2.24, 2.45) is 0 Å². The van der Waals surface area contributed by atoms with Gasteiger partial charge in [-0.25, -0.2) is 0 Å². The molecule has 0 aliphatic carbocycles. The third-order valence-corrected chi connectivity index (χ3v) is 4.34. The van der Waals surface area contributed by atoms with Gasteiger partial charge < -0.3 is 4.74 Å². The highest BCUT2D eigenvalue weighted by Crippen LogP contribution is 2.27. The van der Waals surface area contributed by atoms with E-state index in [4.69, 9.17) is 4.74 Å². The van der Waals surface area contributed by atoms with Gasteiger partial charge in [-0.1, -0.05) is 44.0 Å². The number of ketones is 1. The van der Waals surface area contributed by atoms with E-state index in [1.165, 1.54) is 0 Å². The zero-order valence-corrected chi connectivity index (χ0v) is 14.4. The predicted octanol–water partition coefficient (Wildman–Crippen LogP) is 4.89. The highest BCUT2D eigenvalue weighted by atomic mass is 79.9. The van der Waals surface area contributed by atoms with Crippen LogP contribution >= 0.6 is 31.9 Å². The first-order valence-corrected chi connectivity index (χ1v) is 8.02. The van der Waals surface area contributed by atoms with Gasteiger partial charge in [-0.05, 0) is 42.3 Å². The molecule has 2 aromatic rings. The van der Waals surface area contributed by atoms with Crippen LogP contribution in [0.2, 0.25) is 0 Å². The molecule has 0 aliphatic rings. The maximum Gasteiger partial charge on any atom is 0.197 e. The summed E-state index contributed by atoms with van der Waals surface area (Å²) < 4.78 is 6.10. The maximum absolute atomic E-state index is 12.6. The standard InChI is InChI=1S/C16H14Br2O2/c1-10-3-5-13(15(7-10)20-2)16(19)12-6-4-11(9-17)8-14(12)18/h3-8H,9H2,1-2H3. The number of rotatable bonds is 4. The van der Waals surface area contributed by atoms with Gasteiger partial charge in [-0.2, -0.15) is 0 Å². The van der Waals surface area contributed by atoms with Gasteiger partial charge in [0.15, 0.2) is 5.78 Å². The summed E-state index contributed by atoms with van der Waals surface area (Å²) in [4.78, 5) is 12.6. The summed E-state index contributed by atoms with van der Waals surface area (Å²) in [6.45, 7) is 1.97. The number of methoxy groups -OCH3 is 1. The van der Waals surface area contributed by atoms with Gasteiger partial charge in [0.2, 0.25) is 0 Å². The van der Waals surface area contributed by atoms with E-state index in [-0.39, 0.29) is 5.78 Å². The normalized spacial score (nSPS) is 10.4. The second-order valence-corrected chi connectivity index (χ2v) is 5.90. The fraction of sp³-hybridized carbons (Fsp3) is 0.188. The van der Waals surface area contributed by atoms with Gasteiger partial charge >= 0.3 is 0 Å². The van der Waals surface area contributed by atoms with Crippen LogP contribution in [0.1, 0.15) is 27.0 Å². The van der Waals surface area contributed by atoms with Gasteiger partial charge in [-0.3, -0.25) is 4.79 Å². The van der Waals surface area contributed by atoms with E-state index in [0.717, 1.165) is 20.9 Å². The molecule has 0 radical (unpaired) electrons. The molecule has 0 amide bonds. The highest BCUT2D eigenvalue weighted by molar-refractivity contribution is 9.10. The molecule has 4 heteroatoms. The van der Waals surface area contributed by atoms with Crippen LogP contribution in [0.5, 0.6) is 5.75 Å². The lowest BCUT2D eigenvalue weighted by atomic mass is 10.0. The van der Waals surface area contributed by atoms with Crippen molar-refractivity contribution in [1.82, 2.24) is 0 Å². The highest BCUT2D eigenvalue weighted by Gasteiger charge is 2.17. The number of alkyl halides is 1. The lowest BCUT2D eigenvalue weighted by molar-refractivity contribution is 0.103. The summed E-state index contributed by atoms with van der Waals surface area (Å²) >= 11 is 6.87. The summed E-state index contributed by atoms with van der Waals surface area (Å²) in [6, 6.07) is 11.3. The molecule has 0 atom stereocenters. The first-order valence-electron chi connectivity index (χ1n) is 6.10. The first-order chi connectivity index (χ1) is 9.56. The second-order valence-electron chi connectivity index (χ2n) is 4.48. The summed E-state index contributed by atoms with van der Waals surface area (Å²) in [5.74, 6) is 0.557. The van der Waals surface area contributed by atoms with Crippen molar-refractivity contribution < 1.29 is 9.53 Å². The van der Waals surface area contributed by atoms with Crippen LogP contribution in [-0.2, 0) is 5.33 Å². The largest absolute Gasteiger partial charge is 0.496 e. The van der Waals surface area contributed by atoms with E-state index in [1.54, 1.807) is 13.2 Å². The Morgan fingerprint density at radius 2 is 1.85 bits per heavy atom. The second kappa shape index (κ2) is 6.55. The van der Waals surface area contributed by atoms with E-state index in [1.807, 2.05) is 37.3 Å². The molecule has 0 fully saturated rings. The van der Waals surface area contributed by atoms with Crippen molar-refractivity contribution >= 4 is 37.6 Å². The van der Waals surface area contributed by atoms with E-state index < -0.39 is 0 Å². The summed E-state index contributed by atoms with van der Waals surface area (Å²) in [6.07, 6.45) is 0. The number of ether oxygens (including phenoxy) is 1. The van der Waals surface area contributed by atoms with Gasteiger partial charge in [0.25, 0.3) is 0 Å². The lowest BCUT2D eigenvalue weighted by Gasteiger charge is -2.10. The molecule has 0 saturated heterocycles. The quantitative estimate of drug-likeness (QED) is 0.542. The van der Waals surface area contributed by atoms with Gasteiger partial charge in [-0.15, -0.1) is 0 Å². The number of hydrogen-bond donors (Lipinski definition) is 0. The Balaban J connectivity index is 2.46. The topological polar surface area (TPSA) is 26.3 Å². The average Bonchev–Trinajstić information content (AvgIpc) is 2.46. The third kappa shape index (κ3) is 3.13. The van der Waals surface area contributed by atoms with Crippen LogP contribution < -0.4 is 4.74 Å². The number of carbonyl (C=O) groups is 1. The number of benzene rings is 2. The van der Waals surface area contributed by atoms with Gasteiger partial charge in [0, 0.05) is 15.4 Å². The van der Waals surface area contributed by atoms with Crippen molar-refractivity contribution in [3.8, 4) is 5.75 Å². The van der Waals surface area contributed by atoms with Crippen molar-refractivity contribution in [3.05, 3.63) is 63.1 Å². The Morgan fingerprint density at radius 3 is 2.45 bits per heavy atom. The Labute approximate surface area is 135 Å². The van der Waals surface area contributed by atoms with Crippen molar-refractivity contribution in [3.63, 3.8) is 0 Å². The van der Waals surface area contributed by atoms with Crippen molar-refractivity contribution in [2.45, 2.75) is 12.3 Å². The zero-order valence-electron chi connectivity index (χ0n) is 11.2. The monoisotopic (exact) mass is 396 g/mol. The van der Waals surface area contributed by atoms with Crippen LogP contribution in [0.4, 0.5) is 0 Å². The number of halogens is 2. The number of aryl methyl sites for hydroxylation is 1. The molecule has 0 bridgehead atoms.